The van der Waals surface area contributed by atoms with Gasteiger partial charge < -0.3 is 9.47 Å². The summed E-state index contributed by atoms with van der Waals surface area (Å²) in [6, 6.07) is 7.66. The Morgan fingerprint density at radius 3 is 2.61 bits per heavy atom. The third-order valence-electron chi connectivity index (χ3n) is 3.18. The maximum Gasteiger partial charge on any atom is 0.411 e. The first-order valence-electron chi connectivity index (χ1n) is 5.88. The van der Waals surface area contributed by atoms with Crippen molar-refractivity contribution in [2.45, 2.75) is 25.6 Å². The fraction of sp³-hybridized carbons (Fsp3) is 0.357. The third-order valence-corrected chi connectivity index (χ3v) is 3.18. The van der Waals surface area contributed by atoms with E-state index in [4.69, 9.17) is 9.47 Å². The lowest BCUT2D eigenvalue weighted by atomic mass is 10.1. The highest BCUT2D eigenvalue weighted by molar-refractivity contribution is 5.71. The molecule has 1 aliphatic rings. The summed E-state index contributed by atoms with van der Waals surface area (Å²) in [7, 11) is 1.63. The molecular weight excluding hydrogens is 230 g/mol. The van der Waals surface area contributed by atoms with Crippen molar-refractivity contribution >= 4 is 6.09 Å². The summed E-state index contributed by atoms with van der Waals surface area (Å²) in [5.74, 6) is 0.805. The van der Waals surface area contributed by atoms with Crippen molar-refractivity contribution in [1.29, 1.82) is 0 Å². The van der Waals surface area contributed by atoms with Crippen LogP contribution in [0.25, 0.3) is 0 Å². The zero-order valence-electron chi connectivity index (χ0n) is 10.6. The number of carbonyl (C=O) groups is 1. The Bertz CT molecular complexity index is 441. The highest BCUT2D eigenvalue weighted by Gasteiger charge is 2.36. The Morgan fingerprint density at radius 2 is 2.11 bits per heavy atom. The molecule has 4 nitrogen and oxygen atoms in total. The van der Waals surface area contributed by atoms with Crippen LogP contribution < -0.4 is 4.74 Å². The van der Waals surface area contributed by atoms with E-state index in [0.29, 0.717) is 6.54 Å². The molecule has 1 amide bonds. The van der Waals surface area contributed by atoms with E-state index in [2.05, 4.69) is 6.58 Å². The number of amides is 1. The zero-order valence-corrected chi connectivity index (χ0v) is 10.6. The summed E-state index contributed by atoms with van der Waals surface area (Å²) < 4.78 is 10.3. The van der Waals surface area contributed by atoms with E-state index >= 15 is 0 Å². The molecule has 1 saturated heterocycles. The first-order chi connectivity index (χ1) is 8.65. The van der Waals surface area contributed by atoms with Crippen LogP contribution in [-0.4, -0.2) is 30.2 Å². The van der Waals surface area contributed by atoms with E-state index in [1.54, 1.807) is 18.1 Å². The van der Waals surface area contributed by atoms with Crippen LogP contribution in [0.15, 0.2) is 36.9 Å². The molecule has 0 aliphatic carbocycles. The van der Waals surface area contributed by atoms with Gasteiger partial charge in [-0.2, -0.15) is 0 Å². The molecule has 1 aromatic carbocycles. The number of benzene rings is 1. The minimum absolute atomic E-state index is 0.0112. The van der Waals surface area contributed by atoms with E-state index in [1.165, 1.54) is 0 Å². The standard InChI is InChI=1S/C14H17NO3/c1-4-13-10(2)15(14(16)18-13)9-11-5-7-12(17-3)8-6-11/h4-8,10,13H,1,9H2,2-3H3/t10-,13+/m0/s1. The molecular formula is C14H17NO3. The van der Waals surface area contributed by atoms with Crippen molar-refractivity contribution in [2.24, 2.45) is 0 Å². The van der Waals surface area contributed by atoms with Crippen molar-refractivity contribution in [3.05, 3.63) is 42.5 Å². The lowest BCUT2D eigenvalue weighted by molar-refractivity contribution is 0.144. The van der Waals surface area contributed by atoms with Gasteiger partial charge in [0, 0.05) is 6.54 Å². The second-order valence-corrected chi connectivity index (χ2v) is 4.30. The highest BCUT2D eigenvalue weighted by Crippen LogP contribution is 2.23. The molecule has 96 valence electrons. The molecule has 0 aromatic heterocycles. The molecule has 1 aromatic rings. The first kappa shape index (κ1) is 12.5. The maximum absolute atomic E-state index is 11.7. The van der Waals surface area contributed by atoms with Gasteiger partial charge in [0.2, 0.25) is 0 Å². The molecule has 0 unspecified atom stereocenters. The van der Waals surface area contributed by atoms with Crippen LogP contribution in [-0.2, 0) is 11.3 Å². The van der Waals surface area contributed by atoms with Gasteiger partial charge in [0.05, 0.1) is 13.2 Å². The number of rotatable bonds is 4. The molecule has 0 bridgehead atoms. The summed E-state index contributed by atoms with van der Waals surface area (Å²) in [5.41, 5.74) is 1.05. The molecule has 18 heavy (non-hydrogen) atoms. The lowest BCUT2D eigenvalue weighted by Gasteiger charge is -2.19. The monoisotopic (exact) mass is 247 g/mol. The van der Waals surface area contributed by atoms with Crippen LogP contribution in [0.2, 0.25) is 0 Å². The molecule has 2 atom stereocenters. The smallest absolute Gasteiger partial charge is 0.411 e. The second kappa shape index (κ2) is 5.12. The number of hydrogen-bond donors (Lipinski definition) is 0. The summed E-state index contributed by atoms with van der Waals surface area (Å²) in [6.07, 6.45) is 1.15. The van der Waals surface area contributed by atoms with Crippen LogP contribution in [0.4, 0.5) is 4.79 Å². The molecule has 2 rings (SSSR count). The van der Waals surface area contributed by atoms with Gasteiger partial charge in [-0.25, -0.2) is 4.79 Å². The van der Waals surface area contributed by atoms with E-state index in [-0.39, 0.29) is 18.2 Å². The Balaban J connectivity index is 2.08. The normalized spacial score (nSPS) is 22.8. The highest BCUT2D eigenvalue weighted by atomic mass is 16.6. The Hall–Kier alpha value is -1.97. The summed E-state index contributed by atoms with van der Waals surface area (Å²) in [6.45, 7) is 6.17. The van der Waals surface area contributed by atoms with Crippen LogP contribution in [0.1, 0.15) is 12.5 Å². The fourth-order valence-corrected chi connectivity index (χ4v) is 2.01. The minimum atomic E-state index is -0.289. The molecule has 4 heteroatoms. The van der Waals surface area contributed by atoms with Crippen LogP contribution in [0.5, 0.6) is 5.75 Å². The molecule has 0 spiro atoms. The number of nitrogens with zero attached hydrogens (tertiary/aromatic N) is 1. The molecule has 1 fully saturated rings. The average molecular weight is 247 g/mol. The van der Waals surface area contributed by atoms with Gasteiger partial charge in [-0.15, -0.1) is 0 Å². The van der Waals surface area contributed by atoms with Gasteiger partial charge in [0.15, 0.2) is 0 Å². The number of hydrogen-bond acceptors (Lipinski definition) is 3. The predicted octanol–water partition coefficient (Wildman–Crippen LogP) is 2.59. The lowest BCUT2D eigenvalue weighted by Crippen LogP contribution is -2.32. The first-order valence-corrected chi connectivity index (χ1v) is 5.88. The van der Waals surface area contributed by atoms with Gasteiger partial charge >= 0.3 is 6.09 Å². The van der Waals surface area contributed by atoms with Crippen molar-refractivity contribution in [1.82, 2.24) is 4.90 Å². The number of ether oxygens (including phenoxy) is 2. The summed E-state index contributed by atoms with van der Waals surface area (Å²) >= 11 is 0. The molecule has 0 N–H and O–H groups in total. The zero-order chi connectivity index (χ0) is 13.1. The molecule has 0 saturated carbocycles. The van der Waals surface area contributed by atoms with Gasteiger partial charge in [0.25, 0.3) is 0 Å². The van der Waals surface area contributed by atoms with E-state index < -0.39 is 0 Å². The van der Waals surface area contributed by atoms with Crippen molar-refractivity contribution < 1.29 is 14.3 Å². The average Bonchev–Trinajstić information content (AvgIpc) is 2.67. The van der Waals surface area contributed by atoms with Gasteiger partial charge in [-0.1, -0.05) is 18.7 Å². The molecule has 0 radical (unpaired) electrons. The van der Waals surface area contributed by atoms with Crippen molar-refractivity contribution in [3.63, 3.8) is 0 Å². The topological polar surface area (TPSA) is 38.8 Å². The van der Waals surface area contributed by atoms with Gasteiger partial charge in [0.1, 0.15) is 11.9 Å². The number of methoxy groups -OCH3 is 1. The Kier molecular flexibility index (Phi) is 3.55. The number of cyclic esters (lactones) is 1. The van der Waals surface area contributed by atoms with Crippen molar-refractivity contribution in [3.8, 4) is 5.75 Å². The largest absolute Gasteiger partial charge is 0.497 e. The summed E-state index contributed by atoms with van der Waals surface area (Å²) in [4.78, 5) is 13.4. The van der Waals surface area contributed by atoms with E-state index in [0.717, 1.165) is 11.3 Å². The van der Waals surface area contributed by atoms with Gasteiger partial charge in [-0.05, 0) is 30.7 Å². The van der Waals surface area contributed by atoms with E-state index in [1.807, 2.05) is 31.2 Å². The minimum Gasteiger partial charge on any atom is -0.497 e. The summed E-state index contributed by atoms with van der Waals surface area (Å²) in [5, 5.41) is 0. The Labute approximate surface area is 107 Å². The van der Waals surface area contributed by atoms with Crippen LogP contribution in [0.3, 0.4) is 0 Å². The quantitative estimate of drug-likeness (QED) is 0.768. The maximum atomic E-state index is 11.7. The number of carbonyl (C=O) groups excluding carboxylic acids is 1. The van der Waals surface area contributed by atoms with Crippen molar-refractivity contribution in [2.75, 3.05) is 7.11 Å². The molecule has 1 aliphatic heterocycles. The third kappa shape index (κ3) is 2.32. The SMILES string of the molecule is C=C[C@H]1OC(=O)N(Cc2ccc(OC)cc2)[C@H]1C. The van der Waals surface area contributed by atoms with Crippen LogP contribution >= 0.6 is 0 Å². The molecule has 1 heterocycles. The Morgan fingerprint density at radius 1 is 1.44 bits per heavy atom. The van der Waals surface area contributed by atoms with E-state index in [9.17, 15) is 4.79 Å². The predicted molar refractivity (Wildman–Crippen MR) is 68.5 cm³/mol. The second-order valence-electron chi connectivity index (χ2n) is 4.30. The fourth-order valence-electron chi connectivity index (χ4n) is 2.01. The van der Waals surface area contributed by atoms with Crippen LogP contribution in [0, 0.1) is 0 Å². The van der Waals surface area contributed by atoms with Gasteiger partial charge in [-0.3, -0.25) is 4.90 Å².